The molecular formula is C19H13F2NO4. The maximum atomic E-state index is 14.2. The van der Waals surface area contributed by atoms with Gasteiger partial charge in [-0.25, -0.2) is 13.6 Å². The zero-order chi connectivity index (χ0) is 18.7. The van der Waals surface area contributed by atoms with Crippen LogP contribution in [-0.2, 0) is 15.0 Å². The second kappa shape index (κ2) is 5.20. The Morgan fingerprint density at radius 2 is 1.62 bits per heavy atom. The van der Waals surface area contributed by atoms with Gasteiger partial charge >= 0.3 is 5.97 Å². The summed E-state index contributed by atoms with van der Waals surface area (Å²) in [4.78, 5) is 42.1. The Labute approximate surface area is 147 Å². The molecule has 0 aromatic heterocycles. The number of hydroxylamine groups is 2. The summed E-state index contributed by atoms with van der Waals surface area (Å²) in [7, 11) is 0. The minimum Gasteiger partial charge on any atom is -0.328 e. The van der Waals surface area contributed by atoms with Gasteiger partial charge in [-0.2, -0.15) is 0 Å². The predicted molar refractivity (Wildman–Crippen MR) is 85.5 cm³/mol. The van der Waals surface area contributed by atoms with Crippen molar-refractivity contribution in [2.45, 2.75) is 24.7 Å². The lowest BCUT2D eigenvalue weighted by Crippen LogP contribution is -2.39. The maximum absolute atomic E-state index is 14.2. The smallest absolute Gasteiger partial charge is 0.328 e. The summed E-state index contributed by atoms with van der Waals surface area (Å²) < 4.78 is 28.3. The van der Waals surface area contributed by atoms with Crippen molar-refractivity contribution in [1.29, 1.82) is 0 Å². The normalized spacial score (nSPS) is 23.0. The zero-order valence-corrected chi connectivity index (χ0v) is 13.7. The average Bonchev–Trinajstić information content (AvgIpc) is 3.14. The van der Waals surface area contributed by atoms with E-state index in [2.05, 4.69) is 0 Å². The van der Waals surface area contributed by atoms with Gasteiger partial charge in [-0.1, -0.05) is 47.0 Å². The van der Waals surface area contributed by atoms with Gasteiger partial charge in [0.25, 0.3) is 17.7 Å². The minimum absolute atomic E-state index is 0.0671. The van der Waals surface area contributed by atoms with E-state index >= 15 is 0 Å². The van der Waals surface area contributed by atoms with Crippen LogP contribution in [0.1, 0.15) is 38.3 Å². The van der Waals surface area contributed by atoms with Crippen molar-refractivity contribution in [2.75, 3.05) is 0 Å². The lowest BCUT2D eigenvalue weighted by Gasteiger charge is -2.19. The van der Waals surface area contributed by atoms with Gasteiger partial charge in [0.05, 0.1) is 11.1 Å². The van der Waals surface area contributed by atoms with Crippen LogP contribution in [0.3, 0.4) is 0 Å². The molecule has 1 unspecified atom stereocenters. The molecule has 0 spiro atoms. The number of halogens is 2. The number of benzene rings is 2. The minimum atomic E-state index is -3.31. The van der Waals surface area contributed by atoms with E-state index in [1.165, 1.54) is 24.3 Å². The Balaban J connectivity index is 1.66. The molecule has 0 saturated heterocycles. The topological polar surface area (TPSA) is 63.7 Å². The first-order chi connectivity index (χ1) is 12.3. The monoisotopic (exact) mass is 357 g/mol. The fourth-order valence-electron chi connectivity index (χ4n) is 3.26. The molecule has 5 nitrogen and oxygen atoms in total. The van der Waals surface area contributed by atoms with Gasteiger partial charge in [0.15, 0.2) is 5.41 Å². The highest BCUT2D eigenvalue weighted by Crippen LogP contribution is 2.62. The van der Waals surface area contributed by atoms with E-state index in [0.717, 1.165) is 0 Å². The summed E-state index contributed by atoms with van der Waals surface area (Å²) in [6, 6.07) is 12.1. The zero-order valence-electron chi connectivity index (χ0n) is 13.7. The summed E-state index contributed by atoms with van der Waals surface area (Å²) in [5, 5.41) is 0.263. The first-order valence-corrected chi connectivity index (χ1v) is 7.93. The molecule has 0 N–H and O–H groups in total. The first kappa shape index (κ1) is 16.4. The molecule has 2 aromatic carbocycles. The highest BCUT2D eigenvalue weighted by molar-refractivity contribution is 6.21. The highest BCUT2D eigenvalue weighted by atomic mass is 19.3. The van der Waals surface area contributed by atoms with Crippen LogP contribution >= 0.6 is 0 Å². The maximum Gasteiger partial charge on any atom is 0.350 e. The third-order valence-corrected chi connectivity index (χ3v) is 4.78. The van der Waals surface area contributed by atoms with Gasteiger partial charge in [0.2, 0.25) is 0 Å². The van der Waals surface area contributed by atoms with Crippen LogP contribution in [-0.4, -0.2) is 28.8 Å². The Hall–Kier alpha value is -3.09. The molecule has 1 aliphatic heterocycles. The molecule has 1 atom stereocenters. The van der Waals surface area contributed by atoms with Crippen LogP contribution < -0.4 is 0 Å². The van der Waals surface area contributed by atoms with Gasteiger partial charge in [0, 0.05) is 6.42 Å². The number of carbonyl (C=O) groups excluding carboxylic acids is 3. The van der Waals surface area contributed by atoms with Crippen LogP contribution in [0.2, 0.25) is 0 Å². The van der Waals surface area contributed by atoms with Gasteiger partial charge in [-0.3, -0.25) is 9.59 Å². The molecule has 4 rings (SSSR count). The van der Waals surface area contributed by atoms with Crippen molar-refractivity contribution >= 4 is 17.8 Å². The molecule has 0 bridgehead atoms. The molecule has 0 radical (unpaired) electrons. The summed E-state index contributed by atoms with van der Waals surface area (Å²) in [6.45, 7) is 1.72. The SMILES string of the molecule is Cc1cccc(C2(C(=O)ON3C(=O)c4ccccc4C3=O)CC2(F)F)c1. The van der Waals surface area contributed by atoms with E-state index in [1.54, 1.807) is 31.2 Å². The first-order valence-electron chi connectivity index (χ1n) is 7.93. The van der Waals surface area contributed by atoms with Crippen molar-refractivity contribution < 1.29 is 28.0 Å². The number of fused-ring (bicyclic) bond motifs is 1. The number of nitrogens with zero attached hydrogens (tertiary/aromatic N) is 1. The Morgan fingerprint density at radius 1 is 1.04 bits per heavy atom. The van der Waals surface area contributed by atoms with Gasteiger partial charge in [-0.05, 0) is 24.6 Å². The van der Waals surface area contributed by atoms with Crippen molar-refractivity contribution in [1.82, 2.24) is 5.06 Å². The average molecular weight is 357 g/mol. The fourth-order valence-corrected chi connectivity index (χ4v) is 3.26. The van der Waals surface area contributed by atoms with E-state index in [4.69, 9.17) is 4.84 Å². The summed E-state index contributed by atoms with van der Waals surface area (Å²) >= 11 is 0. The van der Waals surface area contributed by atoms with Crippen LogP contribution in [0.25, 0.3) is 0 Å². The van der Waals surface area contributed by atoms with E-state index in [1.807, 2.05) is 0 Å². The number of alkyl halides is 2. The molecule has 1 heterocycles. The molecule has 7 heteroatoms. The molecular weight excluding hydrogens is 344 g/mol. The van der Waals surface area contributed by atoms with Gasteiger partial charge in [-0.15, -0.1) is 0 Å². The molecule has 26 heavy (non-hydrogen) atoms. The van der Waals surface area contributed by atoms with Crippen LogP contribution in [0, 0.1) is 6.92 Å². The largest absolute Gasteiger partial charge is 0.350 e. The molecule has 1 fully saturated rings. The highest BCUT2D eigenvalue weighted by Gasteiger charge is 2.78. The Morgan fingerprint density at radius 3 is 2.12 bits per heavy atom. The molecule has 2 amide bonds. The van der Waals surface area contributed by atoms with Crippen LogP contribution in [0.4, 0.5) is 8.78 Å². The fraction of sp³-hybridized carbons (Fsp3) is 0.211. The number of hydrogen-bond acceptors (Lipinski definition) is 4. The van der Waals surface area contributed by atoms with E-state index in [9.17, 15) is 23.2 Å². The van der Waals surface area contributed by atoms with E-state index in [-0.39, 0.29) is 21.8 Å². The molecule has 1 aliphatic carbocycles. The quantitative estimate of drug-likeness (QED) is 0.792. The lowest BCUT2D eigenvalue weighted by molar-refractivity contribution is -0.174. The number of aryl methyl sites for hydroxylation is 1. The second-order valence-corrected chi connectivity index (χ2v) is 6.49. The predicted octanol–water partition coefficient (Wildman–Crippen LogP) is 3.03. The molecule has 1 saturated carbocycles. The van der Waals surface area contributed by atoms with Crippen LogP contribution in [0.15, 0.2) is 48.5 Å². The number of amides is 2. The van der Waals surface area contributed by atoms with Crippen molar-refractivity contribution in [2.24, 2.45) is 0 Å². The molecule has 132 valence electrons. The Kier molecular flexibility index (Phi) is 3.28. The van der Waals surface area contributed by atoms with Crippen molar-refractivity contribution in [3.8, 4) is 0 Å². The summed E-state index contributed by atoms with van der Waals surface area (Å²) in [5.41, 5.74) is -1.24. The van der Waals surface area contributed by atoms with Gasteiger partial charge < -0.3 is 4.84 Å². The number of carbonyl (C=O) groups is 3. The van der Waals surface area contributed by atoms with Gasteiger partial charge in [0.1, 0.15) is 0 Å². The standard InChI is InChI=1S/C19H13F2NO4/c1-11-5-4-6-12(9-11)18(10-19(18,20)21)17(25)26-22-15(23)13-7-2-3-8-14(13)16(22)24/h2-9H,10H2,1H3. The molecule has 2 aromatic rings. The number of rotatable bonds is 3. The van der Waals surface area contributed by atoms with E-state index in [0.29, 0.717) is 5.56 Å². The second-order valence-electron chi connectivity index (χ2n) is 6.49. The summed E-state index contributed by atoms with van der Waals surface area (Å²) in [6.07, 6.45) is -0.731. The number of hydrogen-bond donors (Lipinski definition) is 0. The van der Waals surface area contributed by atoms with E-state index < -0.39 is 35.5 Å². The number of imide groups is 1. The van der Waals surface area contributed by atoms with Crippen molar-refractivity contribution in [3.05, 3.63) is 70.8 Å². The third kappa shape index (κ3) is 2.09. The lowest BCUT2D eigenvalue weighted by atomic mass is 9.94. The molecule has 2 aliphatic rings. The summed E-state index contributed by atoms with van der Waals surface area (Å²) in [5.74, 6) is -6.32. The Bertz CT molecular complexity index is 937. The van der Waals surface area contributed by atoms with Crippen LogP contribution in [0.5, 0.6) is 0 Å². The van der Waals surface area contributed by atoms with Crippen molar-refractivity contribution in [3.63, 3.8) is 0 Å². The third-order valence-electron chi connectivity index (χ3n) is 4.78.